The molecule has 2 aromatic heterocycles. The molecule has 0 saturated heterocycles. The van der Waals surface area contributed by atoms with Gasteiger partial charge in [0.2, 0.25) is 5.88 Å². The van der Waals surface area contributed by atoms with Crippen molar-refractivity contribution in [3.63, 3.8) is 0 Å². The number of anilines is 1. The molecule has 0 aliphatic carbocycles. The van der Waals surface area contributed by atoms with Crippen LogP contribution in [-0.2, 0) is 6.54 Å². The zero-order chi connectivity index (χ0) is 13.8. The molecule has 0 radical (unpaired) electrons. The summed E-state index contributed by atoms with van der Waals surface area (Å²) in [4.78, 5) is 4.25. The van der Waals surface area contributed by atoms with Crippen molar-refractivity contribution < 1.29 is 4.74 Å². The van der Waals surface area contributed by atoms with Crippen molar-refractivity contribution in [3.8, 4) is 5.88 Å². The van der Waals surface area contributed by atoms with Gasteiger partial charge in [0.05, 0.1) is 18.5 Å². The van der Waals surface area contributed by atoms with Crippen LogP contribution in [0.4, 0.5) is 5.69 Å². The molecule has 4 heteroatoms. The first-order valence-corrected chi connectivity index (χ1v) is 7.52. The zero-order valence-electron chi connectivity index (χ0n) is 11.3. The first kappa shape index (κ1) is 12.9. The smallest absolute Gasteiger partial charge is 0.213 e. The maximum Gasteiger partial charge on any atom is 0.213 e. The molecule has 2 heterocycles. The van der Waals surface area contributed by atoms with Gasteiger partial charge in [-0.15, -0.1) is 11.3 Å². The van der Waals surface area contributed by atoms with Crippen LogP contribution < -0.4 is 10.1 Å². The van der Waals surface area contributed by atoms with E-state index in [-0.39, 0.29) is 0 Å². The summed E-state index contributed by atoms with van der Waals surface area (Å²) in [6.45, 7) is 3.40. The summed E-state index contributed by atoms with van der Waals surface area (Å²) in [6, 6.07) is 12.4. The van der Waals surface area contributed by atoms with Crippen LogP contribution in [0.2, 0.25) is 0 Å². The molecule has 3 nitrogen and oxygen atoms in total. The van der Waals surface area contributed by atoms with Crippen molar-refractivity contribution in [2.24, 2.45) is 0 Å². The molecular weight excluding hydrogens is 268 g/mol. The van der Waals surface area contributed by atoms with Crippen molar-refractivity contribution in [3.05, 3.63) is 53.5 Å². The summed E-state index contributed by atoms with van der Waals surface area (Å²) in [5.74, 6) is 0.666. The second-order valence-corrected chi connectivity index (χ2v) is 5.34. The monoisotopic (exact) mass is 284 g/mol. The normalized spacial score (nSPS) is 10.7. The molecule has 3 rings (SSSR count). The number of thiophene rings is 1. The predicted molar refractivity (Wildman–Crippen MR) is 84.6 cm³/mol. The summed E-state index contributed by atoms with van der Waals surface area (Å²) >= 11 is 1.78. The fraction of sp³-hybridized carbons (Fsp3) is 0.188. The number of fused-ring (bicyclic) bond motifs is 1. The van der Waals surface area contributed by atoms with Crippen LogP contribution >= 0.6 is 11.3 Å². The van der Waals surface area contributed by atoms with Crippen molar-refractivity contribution in [1.82, 2.24) is 4.98 Å². The molecule has 0 fully saturated rings. The fourth-order valence-corrected chi connectivity index (χ4v) is 3.05. The second kappa shape index (κ2) is 5.92. The van der Waals surface area contributed by atoms with Crippen LogP contribution in [0.5, 0.6) is 5.88 Å². The highest BCUT2D eigenvalue weighted by Crippen LogP contribution is 2.26. The first-order chi connectivity index (χ1) is 9.86. The van der Waals surface area contributed by atoms with E-state index in [1.165, 1.54) is 15.6 Å². The van der Waals surface area contributed by atoms with Gasteiger partial charge < -0.3 is 10.1 Å². The van der Waals surface area contributed by atoms with Gasteiger partial charge in [-0.1, -0.05) is 18.2 Å². The Kier molecular flexibility index (Phi) is 3.83. The van der Waals surface area contributed by atoms with Gasteiger partial charge >= 0.3 is 0 Å². The maximum absolute atomic E-state index is 5.33. The number of nitrogens with zero attached hydrogens (tertiary/aromatic N) is 1. The lowest BCUT2D eigenvalue weighted by atomic mass is 10.2. The molecule has 102 valence electrons. The van der Waals surface area contributed by atoms with Crippen LogP contribution in [0, 0.1) is 0 Å². The fourth-order valence-electron chi connectivity index (χ4n) is 2.09. The average Bonchev–Trinajstić information content (AvgIpc) is 2.90. The van der Waals surface area contributed by atoms with Gasteiger partial charge in [-0.3, -0.25) is 0 Å². The van der Waals surface area contributed by atoms with E-state index < -0.39 is 0 Å². The zero-order valence-corrected chi connectivity index (χ0v) is 12.1. The van der Waals surface area contributed by atoms with Gasteiger partial charge in [0.1, 0.15) is 0 Å². The first-order valence-electron chi connectivity index (χ1n) is 6.64. The predicted octanol–water partition coefficient (Wildman–Crippen LogP) is 4.31. The lowest BCUT2D eigenvalue weighted by molar-refractivity contribution is 0.327. The molecule has 0 saturated carbocycles. The van der Waals surface area contributed by atoms with E-state index in [0.29, 0.717) is 12.5 Å². The number of benzene rings is 1. The minimum atomic E-state index is 0.640. The highest BCUT2D eigenvalue weighted by molar-refractivity contribution is 7.17. The molecule has 1 N–H and O–H groups in total. The van der Waals surface area contributed by atoms with Crippen LogP contribution in [0.1, 0.15) is 12.5 Å². The third kappa shape index (κ3) is 2.75. The Morgan fingerprint density at radius 3 is 2.90 bits per heavy atom. The Bertz CT molecular complexity index is 691. The summed E-state index contributed by atoms with van der Waals surface area (Å²) in [7, 11) is 0. The van der Waals surface area contributed by atoms with E-state index in [4.69, 9.17) is 4.74 Å². The van der Waals surface area contributed by atoms with Crippen molar-refractivity contribution in [2.75, 3.05) is 11.9 Å². The molecule has 0 aliphatic heterocycles. The topological polar surface area (TPSA) is 34.1 Å². The van der Waals surface area contributed by atoms with Crippen molar-refractivity contribution in [1.29, 1.82) is 0 Å². The molecular formula is C16H16N2OS. The molecule has 0 spiro atoms. The van der Waals surface area contributed by atoms with E-state index in [2.05, 4.69) is 39.9 Å². The Labute approximate surface area is 122 Å². The van der Waals surface area contributed by atoms with Crippen molar-refractivity contribution >= 4 is 27.1 Å². The third-order valence-electron chi connectivity index (χ3n) is 3.07. The molecule has 0 aliphatic rings. The Balaban J connectivity index is 1.69. The van der Waals surface area contributed by atoms with Crippen LogP contribution in [0.15, 0.2) is 48.0 Å². The number of rotatable bonds is 5. The van der Waals surface area contributed by atoms with Gasteiger partial charge in [0.15, 0.2) is 0 Å². The number of aromatic nitrogens is 1. The maximum atomic E-state index is 5.33. The van der Waals surface area contributed by atoms with E-state index in [1.54, 1.807) is 17.5 Å². The van der Waals surface area contributed by atoms with E-state index in [1.807, 2.05) is 19.1 Å². The van der Waals surface area contributed by atoms with E-state index in [0.717, 1.165) is 12.2 Å². The molecule has 3 aromatic rings. The largest absolute Gasteiger partial charge is 0.478 e. The summed E-state index contributed by atoms with van der Waals surface area (Å²) < 4.78 is 6.66. The molecule has 0 amide bonds. The summed E-state index contributed by atoms with van der Waals surface area (Å²) in [5.41, 5.74) is 2.32. The molecule has 0 unspecified atom stereocenters. The van der Waals surface area contributed by atoms with E-state index in [9.17, 15) is 0 Å². The standard InChI is InChI=1S/C16H16N2OS/c1-2-19-16-8-7-13(10-18-16)17-9-12-11-20-15-6-4-3-5-14(12)15/h3-8,10-11,17H,2,9H2,1H3. The third-order valence-corrected chi connectivity index (χ3v) is 4.08. The molecule has 20 heavy (non-hydrogen) atoms. The Hall–Kier alpha value is -2.07. The minimum Gasteiger partial charge on any atom is -0.478 e. The molecule has 0 atom stereocenters. The van der Waals surface area contributed by atoms with Crippen LogP contribution in [0.3, 0.4) is 0 Å². The summed E-state index contributed by atoms with van der Waals surface area (Å²) in [5, 5.41) is 6.93. The van der Waals surface area contributed by atoms with Gasteiger partial charge in [0, 0.05) is 17.3 Å². The summed E-state index contributed by atoms with van der Waals surface area (Å²) in [6.07, 6.45) is 1.81. The highest BCUT2D eigenvalue weighted by atomic mass is 32.1. The number of hydrogen-bond donors (Lipinski definition) is 1. The Morgan fingerprint density at radius 2 is 2.10 bits per heavy atom. The molecule has 1 aromatic carbocycles. The molecule has 0 bridgehead atoms. The highest BCUT2D eigenvalue weighted by Gasteiger charge is 2.03. The Morgan fingerprint density at radius 1 is 1.20 bits per heavy atom. The van der Waals surface area contributed by atoms with Gasteiger partial charge in [0.25, 0.3) is 0 Å². The number of hydrogen-bond acceptors (Lipinski definition) is 4. The van der Waals surface area contributed by atoms with Gasteiger partial charge in [-0.05, 0) is 35.4 Å². The lowest BCUT2D eigenvalue weighted by Crippen LogP contribution is -2.00. The average molecular weight is 284 g/mol. The lowest BCUT2D eigenvalue weighted by Gasteiger charge is -2.06. The van der Waals surface area contributed by atoms with Crippen LogP contribution in [0.25, 0.3) is 10.1 Å². The number of pyridine rings is 1. The quantitative estimate of drug-likeness (QED) is 0.758. The second-order valence-electron chi connectivity index (χ2n) is 4.43. The number of ether oxygens (including phenoxy) is 1. The van der Waals surface area contributed by atoms with Gasteiger partial charge in [-0.25, -0.2) is 4.98 Å². The van der Waals surface area contributed by atoms with Crippen molar-refractivity contribution in [2.45, 2.75) is 13.5 Å². The van der Waals surface area contributed by atoms with E-state index >= 15 is 0 Å². The van der Waals surface area contributed by atoms with Gasteiger partial charge in [-0.2, -0.15) is 0 Å². The van der Waals surface area contributed by atoms with Crippen LogP contribution in [-0.4, -0.2) is 11.6 Å². The minimum absolute atomic E-state index is 0.640. The SMILES string of the molecule is CCOc1ccc(NCc2csc3ccccc23)cn1. The number of nitrogens with one attached hydrogen (secondary N) is 1.